The molecule has 3 N–H and O–H groups in total. The van der Waals surface area contributed by atoms with Gasteiger partial charge >= 0.3 is 0 Å². The largest absolute Gasteiger partial charge is 0.396 e. The van der Waals surface area contributed by atoms with Crippen molar-refractivity contribution < 1.29 is 9.90 Å². The first-order valence-corrected chi connectivity index (χ1v) is 9.83. The lowest BCUT2D eigenvalue weighted by atomic mass is 10.1. The van der Waals surface area contributed by atoms with E-state index in [0.29, 0.717) is 11.4 Å². The van der Waals surface area contributed by atoms with Crippen molar-refractivity contribution in [1.29, 1.82) is 0 Å². The van der Waals surface area contributed by atoms with Gasteiger partial charge in [0.25, 0.3) is 0 Å². The number of carbonyl (C=O) groups is 1. The number of amides is 1. The Labute approximate surface area is 171 Å². The number of aliphatic hydroxyl groups excluding tert-OH is 1. The van der Waals surface area contributed by atoms with E-state index in [1.807, 2.05) is 73.5 Å². The van der Waals surface area contributed by atoms with Crippen LogP contribution < -0.4 is 10.6 Å². The lowest BCUT2D eigenvalue weighted by Gasteiger charge is -2.26. The summed E-state index contributed by atoms with van der Waals surface area (Å²) in [7, 11) is 0. The zero-order valence-electron chi connectivity index (χ0n) is 16.2. The number of rotatable bonds is 7. The molecule has 2 aromatic carbocycles. The number of hydrogen-bond acceptors (Lipinski definition) is 4. The lowest BCUT2D eigenvalue weighted by molar-refractivity contribution is -0.122. The minimum atomic E-state index is -0.177. The molecule has 1 unspecified atom stereocenters. The maximum atomic E-state index is 12.4. The van der Waals surface area contributed by atoms with E-state index in [2.05, 4.69) is 10.6 Å². The summed E-state index contributed by atoms with van der Waals surface area (Å²) in [5.74, 6) is -0.0281. The summed E-state index contributed by atoms with van der Waals surface area (Å²) >= 11 is 6.18. The predicted octanol–water partition coefficient (Wildman–Crippen LogP) is 3.30. The van der Waals surface area contributed by atoms with Gasteiger partial charge in [0.2, 0.25) is 5.91 Å². The quantitative estimate of drug-likeness (QED) is 0.668. The number of nitrogens with zero attached hydrogens (tertiary/aromatic N) is 1. The van der Waals surface area contributed by atoms with Crippen molar-refractivity contribution in [3.8, 4) is 0 Å². The van der Waals surface area contributed by atoms with Crippen LogP contribution in [0.3, 0.4) is 0 Å². The zero-order valence-corrected chi connectivity index (χ0v) is 16.9. The average Bonchev–Trinajstić information content (AvgIpc) is 3.05. The van der Waals surface area contributed by atoms with E-state index in [1.165, 1.54) is 0 Å². The van der Waals surface area contributed by atoms with Gasteiger partial charge in [-0.05, 0) is 49.1 Å². The van der Waals surface area contributed by atoms with Crippen molar-refractivity contribution in [3.05, 3.63) is 76.4 Å². The van der Waals surface area contributed by atoms with Crippen LogP contribution in [-0.2, 0) is 11.2 Å². The fourth-order valence-electron chi connectivity index (χ4n) is 3.27. The first-order valence-electron chi connectivity index (χ1n) is 9.45. The second-order valence-electron chi connectivity index (χ2n) is 7.21. The molecule has 0 saturated heterocycles. The van der Waals surface area contributed by atoms with Crippen LogP contribution in [0.25, 0.3) is 5.70 Å². The second kappa shape index (κ2) is 9.13. The molecule has 1 aliphatic heterocycles. The van der Waals surface area contributed by atoms with Crippen molar-refractivity contribution in [2.75, 3.05) is 13.2 Å². The van der Waals surface area contributed by atoms with Gasteiger partial charge in [-0.15, -0.1) is 0 Å². The zero-order chi connectivity index (χ0) is 20.1. The van der Waals surface area contributed by atoms with Crippen molar-refractivity contribution in [2.24, 2.45) is 0 Å². The first-order chi connectivity index (χ1) is 13.5. The van der Waals surface area contributed by atoms with Crippen LogP contribution in [0.15, 0.2) is 54.7 Å². The molecule has 0 radical (unpaired) electrons. The molecular formula is C22H26ClN3O2. The number of carbonyl (C=O) groups excluding carboxylic acids is 1. The Balaban J connectivity index is 1.85. The maximum Gasteiger partial charge on any atom is 0.239 e. The number of halogens is 1. The molecule has 148 valence electrons. The topological polar surface area (TPSA) is 64.6 Å². The van der Waals surface area contributed by atoms with Crippen molar-refractivity contribution in [3.63, 3.8) is 0 Å². The fourth-order valence-corrected chi connectivity index (χ4v) is 3.47. The van der Waals surface area contributed by atoms with Crippen LogP contribution >= 0.6 is 11.6 Å². The Morgan fingerprint density at radius 3 is 2.64 bits per heavy atom. The molecule has 0 saturated carbocycles. The van der Waals surface area contributed by atoms with Crippen LogP contribution in [0, 0.1) is 0 Å². The second-order valence-corrected chi connectivity index (χ2v) is 7.65. The summed E-state index contributed by atoms with van der Waals surface area (Å²) in [4.78, 5) is 14.3. The van der Waals surface area contributed by atoms with Gasteiger partial charge in [-0.3, -0.25) is 4.79 Å². The fraction of sp³-hybridized carbons (Fsp3) is 0.318. The number of aliphatic hydroxyl groups is 1. The Kier molecular flexibility index (Phi) is 6.60. The first kappa shape index (κ1) is 20.2. The highest BCUT2D eigenvalue weighted by atomic mass is 35.5. The number of benzene rings is 2. The smallest absolute Gasteiger partial charge is 0.239 e. The number of nitrogens with one attached hydrogen (secondary N) is 2. The highest BCUT2D eigenvalue weighted by Gasteiger charge is 2.27. The Morgan fingerprint density at radius 2 is 2.00 bits per heavy atom. The SMILES string of the molecule is CC(C)NC(=O)CN1C=C(c2ccc(CCO)cc2)NC1c1cccc(Cl)c1. The van der Waals surface area contributed by atoms with Crippen LogP contribution in [0.2, 0.25) is 5.02 Å². The van der Waals surface area contributed by atoms with E-state index in [1.54, 1.807) is 0 Å². The molecule has 0 fully saturated rings. The minimum Gasteiger partial charge on any atom is -0.396 e. The van der Waals surface area contributed by atoms with E-state index in [0.717, 1.165) is 22.4 Å². The Morgan fingerprint density at radius 1 is 1.25 bits per heavy atom. The third-order valence-corrected chi connectivity index (χ3v) is 4.76. The summed E-state index contributed by atoms with van der Waals surface area (Å²) in [6.45, 7) is 4.28. The normalized spacial score (nSPS) is 16.1. The minimum absolute atomic E-state index is 0.0281. The van der Waals surface area contributed by atoms with Gasteiger partial charge in [-0.1, -0.05) is 48.0 Å². The van der Waals surface area contributed by atoms with E-state index < -0.39 is 0 Å². The summed E-state index contributed by atoms with van der Waals surface area (Å²) in [6.07, 6.45) is 2.44. The molecule has 3 rings (SSSR count). The average molecular weight is 400 g/mol. The summed E-state index contributed by atoms with van der Waals surface area (Å²) in [6, 6.07) is 15.8. The highest BCUT2D eigenvalue weighted by molar-refractivity contribution is 6.30. The van der Waals surface area contributed by atoms with Crippen molar-refractivity contribution >= 4 is 23.2 Å². The highest BCUT2D eigenvalue weighted by Crippen LogP contribution is 2.31. The lowest BCUT2D eigenvalue weighted by Crippen LogP contribution is -2.40. The van der Waals surface area contributed by atoms with Crippen molar-refractivity contribution in [2.45, 2.75) is 32.5 Å². The van der Waals surface area contributed by atoms with Gasteiger partial charge < -0.3 is 20.6 Å². The molecule has 0 aromatic heterocycles. The van der Waals surface area contributed by atoms with Gasteiger partial charge in [-0.25, -0.2) is 0 Å². The molecule has 1 atom stereocenters. The summed E-state index contributed by atoms with van der Waals surface area (Å²) in [5.41, 5.74) is 4.05. The third kappa shape index (κ3) is 5.06. The van der Waals surface area contributed by atoms with Crippen LogP contribution in [-0.4, -0.2) is 35.1 Å². The molecule has 1 heterocycles. The molecule has 0 aliphatic carbocycles. The molecular weight excluding hydrogens is 374 g/mol. The van der Waals surface area contributed by atoms with Gasteiger partial charge in [0.05, 0.1) is 12.2 Å². The third-order valence-electron chi connectivity index (χ3n) is 4.52. The van der Waals surface area contributed by atoms with Crippen LogP contribution in [0.1, 0.15) is 36.7 Å². The molecule has 5 nitrogen and oxygen atoms in total. The molecule has 0 bridgehead atoms. The predicted molar refractivity (Wildman–Crippen MR) is 113 cm³/mol. The van der Waals surface area contributed by atoms with Crippen LogP contribution in [0.5, 0.6) is 0 Å². The van der Waals surface area contributed by atoms with Gasteiger partial charge in [0, 0.05) is 23.9 Å². The van der Waals surface area contributed by atoms with E-state index >= 15 is 0 Å². The van der Waals surface area contributed by atoms with Crippen molar-refractivity contribution in [1.82, 2.24) is 15.5 Å². The van der Waals surface area contributed by atoms with Crippen LogP contribution in [0.4, 0.5) is 0 Å². The maximum absolute atomic E-state index is 12.4. The number of hydrogen-bond donors (Lipinski definition) is 3. The van der Waals surface area contributed by atoms with Gasteiger partial charge in [0.1, 0.15) is 6.17 Å². The Hall–Kier alpha value is -2.50. The van der Waals surface area contributed by atoms with Gasteiger partial charge in [0.15, 0.2) is 0 Å². The summed E-state index contributed by atoms with van der Waals surface area (Å²) in [5, 5.41) is 16.2. The van der Waals surface area contributed by atoms with E-state index in [-0.39, 0.29) is 31.3 Å². The molecule has 28 heavy (non-hydrogen) atoms. The Bertz CT molecular complexity index is 849. The summed E-state index contributed by atoms with van der Waals surface area (Å²) < 4.78 is 0. The monoisotopic (exact) mass is 399 g/mol. The van der Waals surface area contributed by atoms with Gasteiger partial charge in [-0.2, -0.15) is 0 Å². The standard InChI is InChI=1S/C22H26ClN3O2/c1-15(2)24-21(28)14-26-13-20(17-8-6-16(7-9-17)10-11-27)25-22(26)18-4-3-5-19(23)12-18/h3-9,12-13,15,22,25,27H,10-11,14H2,1-2H3,(H,24,28). The molecule has 0 spiro atoms. The molecule has 2 aromatic rings. The molecule has 1 aliphatic rings. The molecule has 6 heteroatoms. The van der Waals surface area contributed by atoms with E-state index in [4.69, 9.17) is 16.7 Å². The van der Waals surface area contributed by atoms with E-state index in [9.17, 15) is 4.79 Å². The molecule has 1 amide bonds.